The van der Waals surface area contributed by atoms with E-state index >= 15 is 0 Å². The van der Waals surface area contributed by atoms with E-state index in [9.17, 15) is 16.8 Å². The number of nitrogens with one attached hydrogen (secondary N) is 1. The van der Waals surface area contributed by atoms with Crippen LogP contribution in [0.2, 0.25) is 0 Å². The number of anilines is 1. The van der Waals surface area contributed by atoms with Crippen molar-refractivity contribution in [2.24, 2.45) is 0 Å². The Hall–Kier alpha value is -0.830. The number of nitrogens with zero attached hydrogens (tertiary/aromatic N) is 1. The SMILES string of the molecule is CS(=O)(=O)CCS(=O)(=O)N1CCNCc2ccccc21.Cl. The van der Waals surface area contributed by atoms with Crippen LogP contribution in [0, 0.1) is 0 Å². The van der Waals surface area contributed by atoms with E-state index in [-0.39, 0.29) is 23.9 Å². The summed E-state index contributed by atoms with van der Waals surface area (Å²) >= 11 is 0. The van der Waals surface area contributed by atoms with Crippen molar-refractivity contribution in [2.45, 2.75) is 6.54 Å². The van der Waals surface area contributed by atoms with Gasteiger partial charge in [0, 0.05) is 25.9 Å². The minimum atomic E-state index is -3.64. The monoisotopic (exact) mass is 354 g/mol. The molecule has 6 nitrogen and oxygen atoms in total. The molecule has 1 aromatic carbocycles. The lowest BCUT2D eigenvalue weighted by Crippen LogP contribution is -2.37. The van der Waals surface area contributed by atoms with Gasteiger partial charge >= 0.3 is 0 Å². The summed E-state index contributed by atoms with van der Waals surface area (Å²) in [5.41, 5.74) is 1.53. The summed E-state index contributed by atoms with van der Waals surface area (Å²) in [6.45, 7) is 1.45. The van der Waals surface area contributed by atoms with Gasteiger partial charge in [-0.3, -0.25) is 4.31 Å². The molecule has 0 spiro atoms. The first kappa shape index (κ1) is 18.2. The van der Waals surface area contributed by atoms with E-state index in [0.29, 0.717) is 25.3 Å². The summed E-state index contributed by atoms with van der Waals surface area (Å²) in [6.07, 6.45) is 1.04. The topological polar surface area (TPSA) is 83.5 Å². The third-order valence-electron chi connectivity index (χ3n) is 3.12. The molecule has 21 heavy (non-hydrogen) atoms. The first-order valence-corrected chi connectivity index (χ1v) is 9.93. The highest BCUT2D eigenvalue weighted by molar-refractivity contribution is 7.95. The number of para-hydroxylation sites is 1. The van der Waals surface area contributed by atoms with Gasteiger partial charge in [-0.2, -0.15) is 0 Å². The first-order chi connectivity index (χ1) is 9.30. The molecular weight excluding hydrogens is 336 g/mol. The molecule has 0 radical (unpaired) electrons. The van der Waals surface area contributed by atoms with Gasteiger partial charge in [0.15, 0.2) is 0 Å². The number of fused-ring (bicyclic) bond motifs is 1. The van der Waals surface area contributed by atoms with Crippen molar-refractivity contribution in [1.29, 1.82) is 0 Å². The fourth-order valence-electron chi connectivity index (χ4n) is 2.08. The molecule has 1 aliphatic heterocycles. The summed E-state index contributed by atoms with van der Waals surface area (Å²) in [4.78, 5) is 0. The van der Waals surface area contributed by atoms with Crippen LogP contribution in [0.5, 0.6) is 0 Å². The number of sulfone groups is 1. The lowest BCUT2D eigenvalue weighted by molar-refractivity contribution is 0.585. The molecule has 1 N–H and O–H groups in total. The van der Waals surface area contributed by atoms with Gasteiger partial charge in [0.25, 0.3) is 0 Å². The normalized spacial score (nSPS) is 15.8. The van der Waals surface area contributed by atoms with Crippen molar-refractivity contribution < 1.29 is 16.8 Å². The van der Waals surface area contributed by atoms with Gasteiger partial charge < -0.3 is 5.32 Å². The van der Waals surface area contributed by atoms with Crippen LogP contribution in [0.3, 0.4) is 0 Å². The highest BCUT2D eigenvalue weighted by Crippen LogP contribution is 2.24. The second-order valence-corrected chi connectivity index (χ2v) is 9.10. The van der Waals surface area contributed by atoms with Gasteiger partial charge in [0.2, 0.25) is 10.0 Å². The van der Waals surface area contributed by atoms with Crippen LogP contribution in [0.15, 0.2) is 24.3 Å². The summed E-state index contributed by atoms with van der Waals surface area (Å²) in [7, 11) is -6.94. The zero-order valence-electron chi connectivity index (χ0n) is 11.6. The van der Waals surface area contributed by atoms with E-state index in [2.05, 4.69) is 5.32 Å². The van der Waals surface area contributed by atoms with Crippen LogP contribution in [0.1, 0.15) is 5.56 Å². The zero-order valence-corrected chi connectivity index (χ0v) is 14.1. The predicted octanol–water partition coefficient (Wildman–Crippen LogP) is 0.392. The number of benzene rings is 1. The average Bonchev–Trinajstić information content (AvgIpc) is 2.58. The molecule has 2 rings (SSSR count). The molecule has 9 heteroatoms. The number of halogens is 1. The van der Waals surface area contributed by atoms with Crippen molar-refractivity contribution in [2.75, 3.05) is 35.2 Å². The first-order valence-electron chi connectivity index (χ1n) is 6.26. The molecule has 0 aromatic heterocycles. The fraction of sp³-hybridized carbons (Fsp3) is 0.500. The Labute approximate surface area is 131 Å². The maximum absolute atomic E-state index is 12.4. The molecule has 0 unspecified atom stereocenters. The molecule has 120 valence electrons. The lowest BCUT2D eigenvalue weighted by atomic mass is 10.2. The number of hydrogen-bond acceptors (Lipinski definition) is 5. The second kappa shape index (κ2) is 6.95. The molecule has 1 aliphatic rings. The maximum atomic E-state index is 12.4. The minimum absolute atomic E-state index is 0. The summed E-state index contributed by atoms with van der Waals surface area (Å²) in [5.74, 6) is -0.748. The number of sulfonamides is 1. The smallest absolute Gasteiger partial charge is 0.236 e. The largest absolute Gasteiger partial charge is 0.311 e. The van der Waals surface area contributed by atoms with E-state index in [0.717, 1.165) is 11.8 Å². The molecule has 1 aromatic rings. The van der Waals surface area contributed by atoms with Crippen LogP contribution in [0.4, 0.5) is 5.69 Å². The van der Waals surface area contributed by atoms with Gasteiger partial charge in [0.05, 0.1) is 17.2 Å². The van der Waals surface area contributed by atoms with E-state index < -0.39 is 19.9 Å². The van der Waals surface area contributed by atoms with Crippen LogP contribution in [0.25, 0.3) is 0 Å². The van der Waals surface area contributed by atoms with Crippen molar-refractivity contribution in [3.63, 3.8) is 0 Å². The summed E-state index contributed by atoms with van der Waals surface area (Å²) < 4.78 is 48.4. The van der Waals surface area contributed by atoms with Crippen molar-refractivity contribution in [3.05, 3.63) is 29.8 Å². The van der Waals surface area contributed by atoms with Gasteiger partial charge in [-0.05, 0) is 11.6 Å². The highest BCUT2D eigenvalue weighted by Gasteiger charge is 2.26. The van der Waals surface area contributed by atoms with Crippen LogP contribution >= 0.6 is 12.4 Å². The fourth-order valence-corrected chi connectivity index (χ4v) is 5.20. The molecule has 0 bridgehead atoms. The lowest BCUT2D eigenvalue weighted by Gasteiger charge is -2.24. The molecule has 0 saturated carbocycles. The highest BCUT2D eigenvalue weighted by atomic mass is 35.5. The Bertz CT molecular complexity index is 689. The Kier molecular flexibility index (Phi) is 6.03. The number of rotatable bonds is 4. The van der Waals surface area contributed by atoms with Crippen molar-refractivity contribution in [3.8, 4) is 0 Å². The van der Waals surface area contributed by atoms with E-state index in [1.165, 1.54) is 4.31 Å². The molecule has 0 aliphatic carbocycles. The third kappa shape index (κ3) is 4.84. The standard InChI is InChI=1S/C12H18N2O4S2.ClH/c1-19(15,16)8-9-20(17,18)14-7-6-13-10-11-4-2-3-5-12(11)14;/h2-5,13H,6-10H2,1H3;1H. The van der Waals surface area contributed by atoms with Crippen LogP contribution in [-0.4, -0.2) is 47.7 Å². The quantitative estimate of drug-likeness (QED) is 0.845. The molecular formula is C12H19ClN2O4S2. The zero-order chi connectivity index (χ0) is 14.8. The molecule has 0 atom stereocenters. The summed E-state index contributed by atoms with van der Waals surface area (Å²) in [5, 5.41) is 3.15. The van der Waals surface area contributed by atoms with Crippen molar-refractivity contribution in [1.82, 2.24) is 5.32 Å². The van der Waals surface area contributed by atoms with Gasteiger partial charge in [-0.15, -0.1) is 12.4 Å². The van der Waals surface area contributed by atoms with Gasteiger partial charge in [0.1, 0.15) is 9.84 Å². The molecule has 0 saturated heterocycles. The Balaban J connectivity index is 0.00000220. The van der Waals surface area contributed by atoms with Crippen molar-refractivity contribution >= 4 is 38.0 Å². The Morgan fingerprint density at radius 2 is 1.81 bits per heavy atom. The Morgan fingerprint density at radius 3 is 2.48 bits per heavy atom. The molecule has 0 amide bonds. The Morgan fingerprint density at radius 1 is 1.14 bits per heavy atom. The average molecular weight is 355 g/mol. The predicted molar refractivity (Wildman–Crippen MR) is 86.2 cm³/mol. The molecule has 1 heterocycles. The van der Waals surface area contributed by atoms with Crippen LogP contribution < -0.4 is 9.62 Å². The minimum Gasteiger partial charge on any atom is -0.311 e. The third-order valence-corrected chi connectivity index (χ3v) is 6.09. The second-order valence-electron chi connectivity index (χ2n) is 4.82. The van der Waals surface area contributed by atoms with Crippen LogP contribution in [-0.2, 0) is 26.4 Å². The van der Waals surface area contributed by atoms with E-state index in [4.69, 9.17) is 0 Å². The molecule has 0 fully saturated rings. The number of hydrogen-bond donors (Lipinski definition) is 1. The van der Waals surface area contributed by atoms with Gasteiger partial charge in [-0.25, -0.2) is 16.8 Å². The van der Waals surface area contributed by atoms with E-state index in [1.54, 1.807) is 12.1 Å². The summed E-state index contributed by atoms with van der Waals surface area (Å²) in [6, 6.07) is 7.25. The van der Waals surface area contributed by atoms with E-state index in [1.807, 2.05) is 12.1 Å². The van der Waals surface area contributed by atoms with Gasteiger partial charge in [-0.1, -0.05) is 18.2 Å². The maximum Gasteiger partial charge on any atom is 0.236 e.